The molecule has 0 aliphatic carbocycles. The molecule has 6 heteroatoms. The van der Waals surface area contributed by atoms with Crippen molar-refractivity contribution >= 4 is 18.1 Å². The average Bonchev–Trinajstić information content (AvgIpc) is 2.50. The summed E-state index contributed by atoms with van der Waals surface area (Å²) in [5.74, 6) is -0.467. The van der Waals surface area contributed by atoms with Gasteiger partial charge in [0, 0.05) is 6.42 Å². The molecule has 6 nitrogen and oxygen atoms in total. The lowest BCUT2D eigenvalue weighted by Crippen LogP contribution is -2.63. The van der Waals surface area contributed by atoms with Crippen LogP contribution in [0.4, 0.5) is 9.59 Å². The fourth-order valence-electron chi connectivity index (χ4n) is 2.25. The van der Waals surface area contributed by atoms with Crippen LogP contribution in [0, 0.1) is 0 Å². The van der Waals surface area contributed by atoms with Gasteiger partial charge < -0.3 is 9.47 Å². The van der Waals surface area contributed by atoms with Crippen LogP contribution in [0.2, 0.25) is 0 Å². The Balaban J connectivity index is 3.22. The SMILES string of the molecule is C[C@@H]1CCC(=O)[N+]1(C(=O)OC(C)(C)C)C(=O)OC(C)(C)C. The van der Waals surface area contributed by atoms with Crippen LogP contribution in [0.3, 0.4) is 0 Å². The Hall–Kier alpha value is -1.43. The molecule has 21 heavy (non-hydrogen) atoms. The fraction of sp³-hybridized carbons (Fsp3) is 0.800. The number of ether oxygens (including phenoxy) is 2. The third-order valence-corrected chi connectivity index (χ3v) is 3.19. The first-order valence-electron chi connectivity index (χ1n) is 7.20. The molecule has 0 bridgehead atoms. The summed E-state index contributed by atoms with van der Waals surface area (Å²) in [6.45, 7) is 11.9. The van der Waals surface area contributed by atoms with Crippen LogP contribution in [0.1, 0.15) is 61.3 Å². The number of rotatable bonds is 0. The molecule has 0 radical (unpaired) electrons. The van der Waals surface area contributed by atoms with E-state index in [4.69, 9.17) is 9.47 Å². The van der Waals surface area contributed by atoms with Crippen LogP contribution in [0.25, 0.3) is 0 Å². The van der Waals surface area contributed by atoms with Crippen molar-refractivity contribution in [1.29, 1.82) is 0 Å². The summed E-state index contributed by atoms with van der Waals surface area (Å²) >= 11 is 0. The molecule has 0 aromatic carbocycles. The van der Waals surface area contributed by atoms with E-state index >= 15 is 0 Å². The van der Waals surface area contributed by atoms with E-state index in [0.717, 1.165) is 0 Å². The van der Waals surface area contributed by atoms with Gasteiger partial charge in [-0.05, 0) is 48.5 Å². The van der Waals surface area contributed by atoms with E-state index in [1.165, 1.54) is 0 Å². The Bertz CT molecular complexity index is 428. The van der Waals surface area contributed by atoms with E-state index in [0.29, 0.717) is 6.42 Å². The summed E-state index contributed by atoms with van der Waals surface area (Å²) in [5, 5.41) is 0. The van der Waals surface area contributed by atoms with Crippen LogP contribution < -0.4 is 0 Å². The second kappa shape index (κ2) is 5.40. The van der Waals surface area contributed by atoms with Crippen LogP contribution in [0.5, 0.6) is 0 Å². The van der Waals surface area contributed by atoms with Gasteiger partial charge in [-0.25, -0.2) is 4.79 Å². The van der Waals surface area contributed by atoms with Crippen LogP contribution >= 0.6 is 0 Å². The lowest BCUT2D eigenvalue weighted by Gasteiger charge is -2.32. The van der Waals surface area contributed by atoms with Gasteiger partial charge in [0.25, 0.3) is 0 Å². The third-order valence-electron chi connectivity index (χ3n) is 3.19. The molecule has 1 aliphatic heterocycles. The Morgan fingerprint density at radius 1 is 1.00 bits per heavy atom. The molecule has 1 aliphatic rings. The summed E-state index contributed by atoms with van der Waals surface area (Å²) in [4.78, 5) is 37.5. The van der Waals surface area contributed by atoms with Crippen molar-refractivity contribution in [2.24, 2.45) is 0 Å². The molecule has 0 spiro atoms. The van der Waals surface area contributed by atoms with Gasteiger partial charge in [0.1, 0.15) is 17.2 Å². The van der Waals surface area contributed by atoms with E-state index in [1.807, 2.05) is 0 Å². The third kappa shape index (κ3) is 3.61. The minimum Gasteiger partial charge on any atom is -0.414 e. The second-order valence-corrected chi connectivity index (χ2v) is 7.46. The molecule has 0 N–H and O–H groups in total. The van der Waals surface area contributed by atoms with E-state index in [1.54, 1.807) is 48.5 Å². The Morgan fingerprint density at radius 2 is 1.38 bits per heavy atom. The normalized spacial score (nSPS) is 22.0. The number of carbonyl (C=O) groups is 3. The molecule has 120 valence electrons. The molecule has 1 rings (SSSR count). The maximum Gasteiger partial charge on any atom is 0.535 e. The summed E-state index contributed by atoms with van der Waals surface area (Å²) in [7, 11) is 0. The molecule has 0 aromatic heterocycles. The number of hydrogen-bond acceptors (Lipinski definition) is 5. The number of carbonyl (C=O) groups excluding carboxylic acids is 3. The molecule has 0 unspecified atom stereocenters. The van der Waals surface area contributed by atoms with E-state index < -0.39 is 39.8 Å². The highest BCUT2D eigenvalue weighted by Crippen LogP contribution is 2.33. The number of imide groups is 3. The average molecular weight is 300 g/mol. The first kappa shape index (κ1) is 17.6. The van der Waals surface area contributed by atoms with Crippen molar-refractivity contribution in [1.82, 2.24) is 0 Å². The van der Waals surface area contributed by atoms with Gasteiger partial charge in [-0.3, -0.25) is 0 Å². The summed E-state index contributed by atoms with van der Waals surface area (Å²) in [6.07, 6.45) is -1.09. The van der Waals surface area contributed by atoms with Crippen molar-refractivity contribution < 1.29 is 28.3 Å². The fourth-order valence-corrected chi connectivity index (χ4v) is 2.25. The topological polar surface area (TPSA) is 69.7 Å². The first-order chi connectivity index (χ1) is 9.30. The molecule has 1 fully saturated rings. The summed E-state index contributed by atoms with van der Waals surface area (Å²) in [5.41, 5.74) is -1.57. The molecule has 1 atom stereocenters. The molecule has 3 amide bonds. The molecule has 0 aromatic rings. The minimum atomic E-state index is -1.01. The predicted molar refractivity (Wildman–Crippen MR) is 76.4 cm³/mol. The number of likely N-dealkylation sites (tertiary alicyclic amines) is 1. The molecule has 1 saturated heterocycles. The smallest absolute Gasteiger partial charge is 0.414 e. The highest BCUT2D eigenvalue weighted by Gasteiger charge is 2.64. The predicted octanol–water partition coefficient (Wildman–Crippen LogP) is 3.38. The van der Waals surface area contributed by atoms with E-state index in [9.17, 15) is 14.4 Å². The molecule has 0 saturated carbocycles. The van der Waals surface area contributed by atoms with Gasteiger partial charge in [0.2, 0.25) is 0 Å². The van der Waals surface area contributed by atoms with Gasteiger partial charge in [-0.1, -0.05) is 4.48 Å². The zero-order chi connectivity index (χ0) is 16.6. The molecular weight excluding hydrogens is 274 g/mol. The number of hydrogen-bond donors (Lipinski definition) is 0. The quantitative estimate of drug-likeness (QED) is 0.641. The van der Waals surface area contributed by atoms with Crippen molar-refractivity contribution in [2.75, 3.05) is 0 Å². The van der Waals surface area contributed by atoms with Crippen molar-refractivity contribution in [3.05, 3.63) is 0 Å². The maximum absolute atomic E-state index is 12.6. The van der Waals surface area contributed by atoms with Crippen LogP contribution in [-0.2, 0) is 14.3 Å². The highest BCUT2D eigenvalue weighted by atomic mass is 16.6. The lowest BCUT2D eigenvalue weighted by atomic mass is 10.2. The van der Waals surface area contributed by atoms with Gasteiger partial charge in [-0.15, -0.1) is 0 Å². The van der Waals surface area contributed by atoms with Gasteiger partial charge in [0.05, 0.1) is 6.42 Å². The standard InChI is InChI=1S/C15H26NO5/c1-10-8-9-11(17)16(10,12(18)20-14(2,3)4)13(19)21-15(5,6)7/h10H,8-9H2,1-7H3/q+1/t10-/m1/s1. The number of amides is 3. The number of quaternary nitrogens is 1. The van der Waals surface area contributed by atoms with Crippen LogP contribution in [0.15, 0.2) is 0 Å². The Kier molecular flexibility index (Phi) is 4.53. The second-order valence-electron chi connectivity index (χ2n) is 7.46. The van der Waals surface area contributed by atoms with Crippen LogP contribution in [-0.4, -0.2) is 39.8 Å². The van der Waals surface area contributed by atoms with E-state index in [2.05, 4.69) is 0 Å². The highest BCUT2D eigenvalue weighted by molar-refractivity contribution is 5.94. The van der Waals surface area contributed by atoms with Gasteiger partial charge in [-0.2, -0.15) is 9.59 Å². The van der Waals surface area contributed by atoms with Crippen molar-refractivity contribution in [3.63, 3.8) is 0 Å². The lowest BCUT2D eigenvalue weighted by molar-refractivity contribution is -0.727. The molecule has 1 heterocycles. The Morgan fingerprint density at radius 3 is 1.62 bits per heavy atom. The van der Waals surface area contributed by atoms with Gasteiger partial charge >= 0.3 is 18.1 Å². The van der Waals surface area contributed by atoms with Crippen molar-refractivity contribution in [3.8, 4) is 0 Å². The van der Waals surface area contributed by atoms with E-state index in [-0.39, 0.29) is 6.42 Å². The largest absolute Gasteiger partial charge is 0.535 e. The van der Waals surface area contributed by atoms with Crippen molar-refractivity contribution in [2.45, 2.75) is 78.6 Å². The monoisotopic (exact) mass is 300 g/mol. The summed E-state index contributed by atoms with van der Waals surface area (Å²) in [6, 6.07) is -0.484. The maximum atomic E-state index is 12.6. The zero-order valence-electron chi connectivity index (χ0n) is 14.0. The summed E-state index contributed by atoms with van der Waals surface area (Å²) < 4.78 is 9.62. The van der Waals surface area contributed by atoms with Gasteiger partial charge in [0.15, 0.2) is 0 Å². The molecular formula is C15H26NO5+. The number of nitrogens with zero attached hydrogens (tertiary/aromatic N) is 1. The first-order valence-corrected chi connectivity index (χ1v) is 7.20. The zero-order valence-corrected chi connectivity index (χ0v) is 14.0. The minimum absolute atomic E-state index is 0.166. The Labute approximate surface area is 126 Å².